The van der Waals surface area contributed by atoms with E-state index in [2.05, 4.69) is 32.9 Å². The average Bonchev–Trinajstić information content (AvgIpc) is 3.47. The summed E-state index contributed by atoms with van der Waals surface area (Å²) < 4.78 is 17.0. The van der Waals surface area contributed by atoms with Crippen LogP contribution in [0.5, 0.6) is 0 Å². The quantitative estimate of drug-likeness (QED) is 0.0261. The first-order chi connectivity index (χ1) is 40.0. The van der Waals surface area contributed by atoms with Crippen molar-refractivity contribution in [3.05, 3.63) is 12.2 Å². The summed E-state index contributed by atoms with van der Waals surface area (Å²) in [5.41, 5.74) is 0. The molecule has 0 saturated carbocycles. The number of ether oxygens (including phenoxy) is 3. The molecule has 1 unspecified atom stereocenters. The van der Waals surface area contributed by atoms with Gasteiger partial charge in [-0.05, 0) is 44.9 Å². The smallest absolute Gasteiger partial charge is 0.306 e. The van der Waals surface area contributed by atoms with Crippen LogP contribution in [-0.2, 0) is 28.6 Å². The van der Waals surface area contributed by atoms with E-state index in [0.717, 1.165) is 64.2 Å². The predicted octanol–water partition coefficient (Wildman–Crippen LogP) is 25.6. The number of unbranched alkanes of at least 4 members (excludes halogenated alkanes) is 57. The minimum absolute atomic E-state index is 0.0653. The normalized spacial score (nSPS) is 12.0. The summed E-state index contributed by atoms with van der Waals surface area (Å²) in [6, 6.07) is 0. The van der Waals surface area contributed by atoms with Gasteiger partial charge in [-0.2, -0.15) is 0 Å². The van der Waals surface area contributed by atoms with Gasteiger partial charge in [0.25, 0.3) is 0 Å². The Balaban J connectivity index is 4.24. The molecule has 1 atom stereocenters. The molecule has 0 spiro atoms. The van der Waals surface area contributed by atoms with Gasteiger partial charge in [-0.3, -0.25) is 14.4 Å². The molecule has 0 aliphatic carbocycles. The lowest BCUT2D eigenvalue weighted by Crippen LogP contribution is -2.30. The van der Waals surface area contributed by atoms with Gasteiger partial charge in [-0.1, -0.05) is 380 Å². The Morgan fingerprint density at radius 1 is 0.235 bits per heavy atom. The maximum Gasteiger partial charge on any atom is 0.306 e. The molecule has 0 radical (unpaired) electrons. The van der Waals surface area contributed by atoms with Crippen LogP contribution in [-0.4, -0.2) is 37.2 Å². The average molecular weight is 1140 g/mol. The van der Waals surface area contributed by atoms with Crippen LogP contribution in [0.3, 0.4) is 0 Å². The number of carbonyl (C=O) groups is 3. The van der Waals surface area contributed by atoms with Crippen LogP contribution >= 0.6 is 0 Å². The van der Waals surface area contributed by atoms with E-state index < -0.39 is 6.10 Å². The zero-order chi connectivity index (χ0) is 58.5. The highest BCUT2D eigenvalue weighted by molar-refractivity contribution is 5.71. The molecule has 0 aromatic heterocycles. The summed E-state index contributed by atoms with van der Waals surface area (Å²) in [7, 11) is 0. The van der Waals surface area contributed by atoms with Crippen molar-refractivity contribution in [1.29, 1.82) is 0 Å². The Kier molecular flexibility index (Phi) is 69.0. The van der Waals surface area contributed by atoms with E-state index in [0.29, 0.717) is 19.3 Å². The van der Waals surface area contributed by atoms with Crippen molar-refractivity contribution >= 4 is 17.9 Å². The standard InChI is InChI=1S/C75H144O6/c1-4-7-10-13-16-19-22-25-28-31-33-35-37-38-39-41-42-44-47-50-53-56-59-62-65-68-74(77)80-71-72(70-79-73(76)67-64-61-58-55-52-49-46-30-27-24-21-18-15-12-9-6-3)81-75(78)69-66-63-60-57-54-51-48-45-43-40-36-34-32-29-26-23-20-17-14-11-8-5-2/h30,46,72H,4-29,31-45,47-71H2,1-3H3/b46-30-. The number of rotatable bonds is 70. The summed E-state index contributed by atoms with van der Waals surface area (Å²) in [4.78, 5) is 38.5. The minimum Gasteiger partial charge on any atom is -0.462 e. The second-order valence-corrected chi connectivity index (χ2v) is 25.6. The molecule has 0 rings (SSSR count). The van der Waals surface area contributed by atoms with Crippen LogP contribution in [0.15, 0.2) is 12.2 Å². The molecule has 0 aromatic rings. The lowest BCUT2D eigenvalue weighted by atomic mass is 10.0. The third-order valence-corrected chi connectivity index (χ3v) is 17.3. The molecule has 81 heavy (non-hydrogen) atoms. The fourth-order valence-corrected chi connectivity index (χ4v) is 11.7. The van der Waals surface area contributed by atoms with Gasteiger partial charge in [0.05, 0.1) is 0 Å². The number of carbonyl (C=O) groups excluding carboxylic acids is 3. The summed E-state index contributed by atoms with van der Waals surface area (Å²) >= 11 is 0. The van der Waals surface area contributed by atoms with E-state index in [1.807, 2.05) is 0 Å². The van der Waals surface area contributed by atoms with E-state index in [9.17, 15) is 14.4 Å². The first-order valence-corrected chi connectivity index (χ1v) is 37.2. The summed E-state index contributed by atoms with van der Waals surface area (Å²) in [5.74, 6) is -0.835. The number of hydrogen-bond donors (Lipinski definition) is 0. The van der Waals surface area contributed by atoms with Crippen molar-refractivity contribution in [3.63, 3.8) is 0 Å². The molecule has 0 heterocycles. The fourth-order valence-electron chi connectivity index (χ4n) is 11.7. The van der Waals surface area contributed by atoms with E-state index in [4.69, 9.17) is 14.2 Å². The summed E-state index contributed by atoms with van der Waals surface area (Å²) in [6.45, 7) is 6.73. The SMILES string of the molecule is CCCCCCCCC/C=C\CCCCCCCC(=O)OCC(COC(=O)CCCCCCCCCCCCCCCCCCCCCCCCCCC)OC(=O)CCCCCCCCCCCCCCCCCCCCCCCC. The summed E-state index contributed by atoms with van der Waals surface area (Å²) in [5, 5.41) is 0. The van der Waals surface area contributed by atoms with E-state index in [1.165, 1.54) is 327 Å². The number of hydrogen-bond acceptors (Lipinski definition) is 6. The lowest BCUT2D eigenvalue weighted by molar-refractivity contribution is -0.167. The van der Waals surface area contributed by atoms with Gasteiger partial charge in [-0.25, -0.2) is 0 Å². The molecule has 6 heteroatoms. The van der Waals surface area contributed by atoms with Gasteiger partial charge in [0, 0.05) is 19.3 Å². The predicted molar refractivity (Wildman–Crippen MR) is 353 cm³/mol. The molecule has 0 aliphatic rings. The fraction of sp³-hybridized carbons (Fsp3) is 0.933. The Bertz CT molecular complexity index is 1260. The summed E-state index contributed by atoms with van der Waals surface area (Å²) in [6.07, 6.45) is 85.4. The highest BCUT2D eigenvalue weighted by atomic mass is 16.6. The van der Waals surface area contributed by atoms with Crippen molar-refractivity contribution in [2.45, 2.75) is 438 Å². The highest BCUT2D eigenvalue weighted by Gasteiger charge is 2.20. The molecule has 0 aromatic carbocycles. The topological polar surface area (TPSA) is 78.9 Å². The molecular formula is C75H144O6. The molecule has 0 amide bonds. The van der Waals surface area contributed by atoms with Gasteiger partial charge in [-0.15, -0.1) is 0 Å². The van der Waals surface area contributed by atoms with Crippen molar-refractivity contribution in [1.82, 2.24) is 0 Å². The van der Waals surface area contributed by atoms with Gasteiger partial charge in [0.1, 0.15) is 13.2 Å². The minimum atomic E-state index is -0.770. The van der Waals surface area contributed by atoms with Crippen LogP contribution in [0.2, 0.25) is 0 Å². The first kappa shape index (κ1) is 79.2. The van der Waals surface area contributed by atoms with Gasteiger partial charge < -0.3 is 14.2 Å². The molecule has 6 nitrogen and oxygen atoms in total. The number of allylic oxidation sites excluding steroid dienone is 2. The molecule has 0 N–H and O–H groups in total. The number of esters is 3. The zero-order valence-electron chi connectivity index (χ0n) is 55.4. The molecule has 0 saturated heterocycles. The van der Waals surface area contributed by atoms with Crippen molar-refractivity contribution < 1.29 is 28.6 Å². The molecule has 0 aliphatic heterocycles. The van der Waals surface area contributed by atoms with Crippen molar-refractivity contribution in [2.24, 2.45) is 0 Å². The largest absolute Gasteiger partial charge is 0.462 e. The van der Waals surface area contributed by atoms with E-state index in [-0.39, 0.29) is 31.1 Å². The first-order valence-electron chi connectivity index (χ1n) is 37.2. The Morgan fingerprint density at radius 3 is 0.617 bits per heavy atom. The maximum absolute atomic E-state index is 13.0. The monoisotopic (exact) mass is 1140 g/mol. The van der Waals surface area contributed by atoms with Crippen LogP contribution in [0, 0.1) is 0 Å². The highest BCUT2D eigenvalue weighted by Crippen LogP contribution is 2.20. The zero-order valence-corrected chi connectivity index (χ0v) is 55.4. The van der Waals surface area contributed by atoms with Crippen LogP contribution in [0.25, 0.3) is 0 Å². The van der Waals surface area contributed by atoms with Crippen molar-refractivity contribution in [3.8, 4) is 0 Å². The third kappa shape index (κ3) is 68.8. The Morgan fingerprint density at radius 2 is 0.407 bits per heavy atom. The van der Waals surface area contributed by atoms with Gasteiger partial charge >= 0.3 is 17.9 Å². The van der Waals surface area contributed by atoms with E-state index >= 15 is 0 Å². The Labute approximate surface area is 507 Å². The molecule has 0 fully saturated rings. The van der Waals surface area contributed by atoms with Gasteiger partial charge in [0.2, 0.25) is 0 Å². The van der Waals surface area contributed by atoms with Gasteiger partial charge in [0.15, 0.2) is 6.10 Å². The molecular weight excluding hydrogens is 997 g/mol. The van der Waals surface area contributed by atoms with Crippen LogP contribution in [0.1, 0.15) is 432 Å². The third-order valence-electron chi connectivity index (χ3n) is 17.3. The van der Waals surface area contributed by atoms with Crippen LogP contribution < -0.4 is 0 Å². The molecule has 480 valence electrons. The molecule has 0 bridgehead atoms. The van der Waals surface area contributed by atoms with Crippen LogP contribution in [0.4, 0.5) is 0 Å². The lowest BCUT2D eigenvalue weighted by Gasteiger charge is -2.18. The second-order valence-electron chi connectivity index (χ2n) is 25.6. The second kappa shape index (κ2) is 70.6. The van der Waals surface area contributed by atoms with E-state index in [1.54, 1.807) is 0 Å². The maximum atomic E-state index is 13.0. The Hall–Kier alpha value is -1.85. The van der Waals surface area contributed by atoms with Crippen molar-refractivity contribution in [2.75, 3.05) is 13.2 Å².